The molecule has 0 rings (SSSR count). The first-order valence-corrected chi connectivity index (χ1v) is 30.6. The second-order valence-electron chi connectivity index (χ2n) is 19.1. The highest BCUT2D eigenvalue weighted by Crippen LogP contribution is 2.43. The zero-order chi connectivity index (χ0) is 54.1. The highest BCUT2D eigenvalue weighted by molar-refractivity contribution is 7.47. The van der Waals surface area contributed by atoms with Gasteiger partial charge >= 0.3 is 25.7 Å². The third-order valence-electron chi connectivity index (χ3n) is 12.0. The number of aliphatic hydroxyl groups is 1. The van der Waals surface area contributed by atoms with Crippen LogP contribution in [0.15, 0.2) is 97.2 Å². The van der Waals surface area contributed by atoms with Gasteiger partial charge in [-0.2, -0.15) is 0 Å². The molecule has 0 saturated heterocycles. The van der Waals surface area contributed by atoms with E-state index in [1.165, 1.54) is 64.2 Å². The summed E-state index contributed by atoms with van der Waals surface area (Å²) in [5.41, 5.74) is 0. The fraction of sp³-hybridized carbons (Fsp3) is 0.694. The number of aliphatic hydroxyl groups excluding tert-OH is 1. The minimum atomic E-state index is -4.77. The Morgan fingerprint density at radius 2 is 0.730 bits per heavy atom. The average molecular weight is 1060 g/mol. The van der Waals surface area contributed by atoms with Gasteiger partial charge < -0.3 is 24.2 Å². The number of esters is 3. The lowest BCUT2D eigenvalue weighted by Gasteiger charge is -2.21. The third kappa shape index (κ3) is 53.2. The Balaban J connectivity index is 4.81. The molecule has 74 heavy (non-hydrogen) atoms. The number of phosphoric acid groups is 1. The van der Waals surface area contributed by atoms with Crippen LogP contribution in [0.3, 0.4) is 0 Å². The van der Waals surface area contributed by atoms with Crippen LogP contribution in [-0.2, 0) is 42.2 Å². The van der Waals surface area contributed by atoms with Crippen LogP contribution in [0.5, 0.6) is 0 Å². The van der Waals surface area contributed by atoms with E-state index < -0.39 is 57.8 Å². The first kappa shape index (κ1) is 70.4. The zero-order valence-corrected chi connectivity index (χ0v) is 47.7. The van der Waals surface area contributed by atoms with Gasteiger partial charge in [-0.05, 0) is 109 Å². The number of ether oxygens (including phenoxy) is 3. The summed E-state index contributed by atoms with van der Waals surface area (Å²) < 4.78 is 39.4. The lowest BCUT2D eigenvalue weighted by Crippen LogP contribution is -2.30. The first-order valence-electron chi connectivity index (χ1n) is 29.1. The van der Waals surface area contributed by atoms with Crippen LogP contribution < -0.4 is 0 Å². The van der Waals surface area contributed by atoms with E-state index in [1.54, 1.807) is 0 Å². The van der Waals surface area contributed by atoms with Crippen molar-refractivity contribution in [1.29, 1.82) is 0 Å². The van der Waals surface area contributed by atoms with E-state index in [-0.39, 0.29) is 25.9 Å². The van der Waals surface area contributed by atoms with Gasteiger partial charge in [0.25, 0.3) is 0 Å². The van der Waals surface area contributed by atoms with Crippen molar-refractivity contribution < 1.29 is 52.2 Å². The predicted molar refractivity (Wildman–Crippen MR) is 307 cm³/mol. The number of carbonyl (C=O) groups excluding carboxylic acids is 3. The topological polar surface area (TPSA) is 155 Å². The van der Waals surface area contributed by atoms with Gasteiger partial charge in [-0.3, -0.25) is 23.4 Å². The molecular weight excluding hydrogens is 952 g/mol. The van der Waals surface area contributed by atoms with Crippen molar-refractivity contribution in [1.82, 2.24) is 0 Å². The lowest BCUT2D eigenvalue weighted by atomic mass is 10.1. The van der Waals surface area contributed by atoms with Gasteiger partial charge in [0.2, 0.25) is 0 Å². The second-order valence-corrected chi connectivity index (χ2v) is 20.5. The van der Waals surface area contributed by atoms with E-state index in [0.717, 1.165) is 116 Å². The third-order valence-corrected chi connectivity index (χ3v) is 12.9. The summed E-state index contributed by atoms with van der Waals surface area (Å²) in [5, 5.41) is 9.79. The van der Waals surface area contributed by atoms with Gasteiger partial charge in [0.05, 0.1) is 19.8 Å². The number of hydrogen-bond acceptors (Lipinski definition) is 10. The van der Waals surface area contributed by atoms with Crippen LogP contribution in [0, 0.1) is 0 Å². The van der Waals surface area contributed by atoms with Crippen LogP contribution in [0.2, 0.25) is 0 Å². The summed E-state index contributed by atoms with van der Waals surface area (Å²) in [6.45, 7) is 4.39. The molecule has 0 aliphatic heterocycles. The molecule has 0 bridgehead atoms. The average Bonchev–Trinajstić information content (AvgIpc) is 3.39. The van der Waals surface area contributed by atoms with Crippen molar-refractivity contribution in [2.45, 2.75) is 251 Å². The molecule has 2 N–H and O–H groups in total. The quantitative estimate of drug-likeness (QED) is 0.0197. The van der Waals surface area contributed by atoms with E-state index in [4.69, 9.17) is 23.3 Å². The molecule has 12 heteroatoms. The molecule has 0 aromatic carbocycles. The maximum atomic E-state index is 12.9. The predicted octanol–water partition coefficient (Wildman–Crippen LogP) is 17.3. The van der Waals surface area contributed by atoms with Crippen LogP contribution in [0.1, 0.15) is 239 Å². The minimum absolute atomic E-state index is 0.0511. The van der Waals surface area contributed by atoms with E-state index in [0.29, 0.717) is 19.3 Å². The fourth-order valence-corrected chi connectivity index (χ4v) is 8.33. The van der Waals surface area contributed by atoms with Crippen molar-refractivity contribution in [2.24, 2.45) is 0 Å². The molecule has 424 valence electrons. The Morgan fingerprint density at radius 3 is 1.20 bits per heavy atom. The Hall–Kier alpha value is -3.60. The van der Waals surface area contributed by atoms with Crippen LogP contribution >= 0.6 is 7.82 Å². The summed E-state index contributed by atoms with van der Waals surface area (Å²) in [6.07, 6.45) is 65.2. The molecule has 0 aromatic heterocycles. The van der Waals surface area contributed by atoms with Crippen LogP contribution in [-0.4, -0.2) is 66.5 Å². The smallest absolute Gasteiger partial charge is 0.462 e. The molecule has 0 fully saturated rings. The molecule has 0 aliphatic carbocycles. The van der Waals surface area contributed by atoms with E-state index in [9.17, 15) is 28.9 Å². The summed E-state index contributed by atoms with van der Waals surface area (Å²) >= 11 is 0. The van der Waals surface area contributed by atoms with Gasteiger partial charge in [-0.15, -0.1) is 0 Å². The molecule has 0 aromatic rings. The summed E-state index contributed by atoms with van der Waals surface area (Å²) in [5.74, 6) is -1.58. The lowest BCUT2D eigenvalue weighted by molar-refractivity contribution is -0.161. The Kier molecular flexibility index (Phi) is 52.9. The van der Waals surface area contributed by atoms with Crippen molar-refractivity contribution in [2.75, 3.05) is 26.4 Å². The summed E-state index contributed by atoms with van der Waals surface area (Å²) in [7, 11) is -4.77. The van der Waals surface area contributed by atoms with Gasteiger partial charge in [0.1, 0.15) is 12.7 Å². The Labute approximate surface area is 451 Å². The second kappa shape index (κ2) is 55.6. The number of hydrogen-bond donors (Lipinski definition) is 2. The number of carbonyl (C=O) groups is 3. The SMILES string of the molecule is CC/C=C\C/C=C\C/C=C\C/C=C\CCC(=O)OC(CO)COP(=O)(O)OCC(COC(=O)CCCCCCCC/C=C\C/C=C\C/C=C\CCCCC)OC(=O)CCCCCCC/C=C\CCCCCCCC. The number of allylic oxidation sites excluding steroid dienone is 16. The number of phosphoric ester groups is 1. The number of rotatable bonds is 53. The van der Waals surface area contributed by atoms with Crippen molar-refractivity contribution in [3.63, 3.8) is 0 Å². The highest BCUT2D eigenvalue weighted by Gasteiger charge is 2.28. The molecule has 0 heterocycles. The van der Waals surface area contributed by atoms with Gasteiger partial charge in [-0.25, -0.2) is 4.57 Å². The first-order chi connectivity index (χ1) is 36.2. The summed E-state index contributed by atoms with van der Waals surface area (Å²) in [4.78, 5) is 48.5. The Morgan fingerprint density at radius 1 is 0.392 bits per heavy atom. The van der Waals surface area contributed by atoms with Gasteiger partial charge in [0.15, 0.2) is 6.10 Å². The van der Waals surface area contributed by atoms with Crippen molar-refractivity contribution in [3.05, 3.63) is 97.2 Å². The van der Waals surface area contributed by atoms with Gasteiger partial charge in [0, 0.05) is 19.3 Å². The fourth-order valence-electron chi connectivity index (χ4n) is 7.55. The Bertz CT molecular complexity index is 1610. The van der Waals surface area contributed by atoms with Crippen LogP contribution in [0.4, 0.5) is 0 Å². The standard InChI is InChI=1S/C62H105O11P/c1-4-7-10-13-16-19-22-25-27-28-29-30-32-34-36-39-42-45-48-51-60(64)69-55-59(73-62(66)53-50-47-44-41-38-35-31-26-23-20-17-14-11-8-5-2)57-71-74(67,68)70-56-58(54-63)72-61(65)52-49-46-43-40-37-33-24-21-18-15-12-9-6-3/h9,12,16,18-19,21,25-27,29-31,33,37,43,46,58-59,63H,4-8,10-11,13-15,17,20,22-24,28,32,34-36,38-42,44-45,47-57H2,1-3H3,(H,67,68)/b12-9-,19-16-,21-18-,27-25-,30-29-,31-26-,37-33-,46-43-. The summed E-state index contributed by atoms with van der Waals surface area (Å²) in [6, 6.07) is 0. The molecule has 0 aliphatic rings. The molecule has 0 radical (unpaired) electrons. The largest absolute Gasteiger partial charge is 0.472 e. The molecule has 0 saturated carbocycles. The highest BCUT2D eigenvalue weighted by atomic mass is 31.2. The molecule has 0 amide bonds. The normalized spacial score (nSPS) is 14.1. The maximum Gasteiger partial charge on any atom is 0.472 e. The maximum absolute atomic E-state index is 12.9. The molecule has 3 atom stereocenters. The molecular formula is C62H105O11P. The monoisotopic (exact) mass is 1060 g/mol. The van der Waals surface area contributed by atoms with Crippen molar-refractivity contribution >= 4 is 25.7 Å². The molecule has 0 spiro atoms. The van der Waals surface area contributed by atoms with Crippen LogP contribution in [0.25, 0.3) is 0 Å². The number of unbranched alkanes of at least 4 members (excludes halogenated alkanes) is 20. The van der Waals surface area contributed by atoms with E-state index in [1.807, 2.05) is 12.2 Å². The van der Waals surface area contributed by atoms with Gasteiger partial charge in [-0.1, -0.05) is 208 Å². The van der Waals surface area contributed by atoms with Crippen molar-refractivity contribution in [3.8, 4) is 0 Å². The van der Waals surface area contributed by atoms with E-state index in [2.05, 4.69) is 106 Å². The zero-order valence-electron chi connectivity index (χ0n) is 46.8. The molecule has 11 nitrogen and oxygen atoms in total. The minimum Gasteiger partial charge on any atom is -0.462 e. The van der Waals surface area contributed by atoms with E-state index >= 15 is 0 Å². The molecule has 3 unspecified atom stereocenters.